The maximum Gasteiger partial charge on any atom is 0.122 e. The van der Waals surface area contributed by atoms with Crippen LogP contribution in [-0.2, 0) is 11.2 Å². The number of hydrogen-bond acceptors (Lipinski definition) is 3. The lowest BCUT2D eigenvalue weighted by molar-refractivity contribution is -0.105. The van der Waals surface area contributed by atoms with E-state index in [2.05, 4.69) is 6.92 Å². The fraction of sp³-hybridized carbons (Fsp3) is 0.625. The zero-order chi connectivity index (χ0) is 14.6. The third-order valence-corrected chi connectivity index (χ3v) is 4.14. The molecule has 0 spiro atoms. The number of rotatable bonds is 5. The normalized spacial score (nSPS) is 26.5. The topological polar surface area (TPSA) is 38.7 Å². The van der Waals surface area contributed by atoms with Gasteiger partial charge in [-0.3, -0.25) is 0 Å². The van der Waals surface area contributed by atoms with Crippen LogP contribution < -0.4 is 4.74 Å². The fourth-order valence-corrected chi connectivity index (χ4v) is 3.10. The van der Waals surface area contributed by atoms with E-state index < -0.39 is 5.60 Å². The minimum atomic E-state index is -0.726. The van der Waals surface area contributed by atoms with Crippen molar-refractivity contribution in [3.8, 4) is 5.75 Å². The summed E-state index contributed by atoms with van der Waals surface area (Å²) in [6, 6.07) is 5.53. The molecule has 0 saturated carbocycles. The quantitative estimate of drug-likeness (QED) is 0.902. The Labute approximate surface area is 125 Å². The molecule has 0 radical (unpaired) electrons. The second-order valence-corrected chi connectivity index (χ2v) is 6.03. The molecule has 20 heavy (non-hydrogen) atoms. The van der Waals surface area contributed by atoms with Crippen molar-refractivity contribution < 1.29 is 14.6 Å². The predicted octanol–water partition coefficient (Wildman–Crippen LogP) is 3.60. The molecule has 2 unspecified atom stereocenters. The molecule has 1 aromatic rings. The summed E-state index contributed by atoms with van der Waals surface area (Å²) in [5.41, 5.74) is 0.232. The van der Waals surface area contributed by atoms with Crippen LogP contribution >= 0.6 is 11.6 Å². The number of ether oxygens (including phenoxy) is 2. The van der Waals surface area contributed by atoms with Gasteiger partial charge in [0.25, 0.3) is 0 Å². The van der Waals surface area contributed by atoms with Gasteiger partial charge in [-0.1, -0.05) is 24.9 Å². The first-order valence-electron chi connectivity index (χ1n) is 7.23. The molecule has 0 aliphatic carbocycles. The summed E-state index contributed by atoms with van der Waals surface area (Å²) in [5, 5.41) is 11.5. The molecule has 0 aromatic heterocycles. The maximum absolute atomic E-state index is 10.9. The monoisotopic (exact) mass is 298 g/mol. The number of hydrogen-bond donors (Lipinski definition) is 1. The summed E-state index contributed by atoms with van der Waals surface area (Å²) < 4.78 is 11.1. The van der Waals surface area contributed by atoms with Gasteiger partial charge in [0.05, 0.1) is 18.8 Å². The SMILES string of the molecule is CCCC1CC(O)(Cc2cc(Cl)ccc2OC)CCO1. The fourth-order valence-electron chi connectivity index (χ4n) is 2.91. The number of halogens is 1. The van der Waals surface area contributed by atoms with Crippen LogP contribution in [0.25, 0.3) is 0 Å². The Balaban J connectivity index is 2.13. The number of benzene rings is 1. The average Bonchev–Trinajstić information content (AvgIpc) is 2.39. The van der Waals surface area contributed by atoms with E-state index in [1.807, 2.05) is 12.1 Å². The van der Waals surface area contributed by atoms with E-state index in [-0.39, 0.29) is 6.10 Å². The second kappa shape index (κ2) is 6.79. The Kier molecular flexibility index (Phi) is 5.30. The number of aliphatic hydroxyl groups is 1. The van der Waals surface area contributed by atoms with Gasteiger partial charge in [0.1, 0.15) is 5.75 Å². The molecule has 1 N–H and O–H groups in total. The Bertz CT molecular complexity index is 447. The van der Waals surface area contributed by atoms with Gasteiger partial charge in [-0.15, -0.1) is 0 Å². The lowest BCUT2D eigenvalue weighted by atomic mass is 9.83. The van der Waals surface area contributed by atoms with Gasteiger partial charge in [-0.25, -0.2) is 0 Å². The Morgan fingerprint density at radius 1 is 1.50 bits per heavy atom. The highest BCUT2D eigenvalue weighted by molar-refractivity contribution is 6.30. The minimum absolute atomic E-state index is 0.156. The van der Waals surface area contributed by atoms with Gasteiger partial charge < -0.3 is 14.6 Å². The zero-order valence-corrected chi connectivity index (χ0v) is 12.9. The molecule has 1 fully saturated rings. The van der Waals surface area contributed by atoms with Crippen LogP contribution in [0.15, 0.2) is 18.2 Å². The Morgan fingerprint density at radius 3 is 3.00 bits per heavy atom. The first-order chi connectivity index (χ1) is 9.56. The molecule has 3 nitrogen and oxygen atoms in total. The first-order valence-corrected chi connectivity index (χ1v) is 7.60. The lowest BCUT2D eigenvalue weighted by Gasteiger charge is -2.37. The summed E-state index contributed by atoms with van der Waals surface area (Å²) in [7, 11) is 1.64. The Morgan fingerprint density at radius 2 is 2.30 bits per heavy atom. The van der Waals surface area contributed by atoms with Crippen LogP contribution in [0, 0.1) is 0 Å². The average molecular weight is 299 g/mol. The molecule has 1 aromatic carbocycles. The van der Waals surface area contributed by atoms with Gasteiger partial charge in [0.2, 0.25) is 0 Å². The molecular formula is C16H23ClO3. The molecule has 1 aliphatic rings. The van der Waals surface area contributed by atoms with Crippen LogP contribution in [0.1, 0.15) is 38.2 Å². The van der Waals surface area contributed by atoms with Crippen molar-refractivity contribution in [3.05, 3.63) is 28.8 Å². The Hall–Kier alpha value is -0.770. The maximum atomic E-state index is 10.9. The summed E-state index contributed by atoms with van der Waals surface area (Å²) in [6.07, 6.45) is 4.11. The van der Waals surface area contributed by atoms with Gasteiger partial charge in [0.15, 0.2) is 0 Å². The van der Waals surface area contributed by atoms with Crippen LogP contribution in [0.3, 0.4) is 0 Å². The summed E-state index contributed by atoms with van der Waals surface area (Å²) in [5.74, 6) is 0.779. The van der Waals surface area contributed by atoms with E-state index in [0.717, 1.165) is 24.2 Å². The third-order valence-electron chi connectivity index (χ3n) is 3.90. The van der Waals surface area contributed by atoms with Crippen molar-refractivity contribution in [2.45, 2.75) is 50.7 Å². The highest BCUT2D eigenvalue weighted by Gasteiger charge is 2.35. The van der Waals surface area contributed by atoms with E-state index in [0.29, 0.717) is 30.9 Å². The second-order valence-electron chi connectivity index (χ2n) is 5.59. The van der Waals surface area contributed by atoms with E-state index >= 15 is 0 Å². The van der Waals surface area contributed by atoms with Crippen LogP contribution in [0.2, 0.25) is 5.02 Å². The molecule has 1 saturated heterocycles. The molecule has 0 bridgehead atoms. The van der Waals surface area contributed by atoms with E-state index in [1.54, 1.807) is 13.2 Å². The molecule has 2 atom stereocenters. The van der Waals surface area contributed by atoms with Crippen LogP contribution in [-0.4, -0.2) is 30.5 Å². The van der Waals surface area contributed by atoms with Crippen molar-refractivity contribution in [1.29, 1.82) is 0 Å². The zero-order valence-electron chi connectivity index (χ0n) is 12.2. The van der Waals surface area contributed by atoms with Gasteiger partial charge >= 0.3 is 0 Å². The van der Waals surface area contributed by atoms with Gasteiger partial charge in [0, 0.05) is 24.5 Å². The van der Waals surface area contributed by atoms with E-state index in [9.17, 15) is 5.11 Å². The molecule has 1 heterocycles. The molecule has 1 aliphatic heterocycles. The van der Waals surface area contributed by atoms with E-state index in [1.165, 1.54) is 0 Å². The third kappa shape index (κ3) is 3.87. The predicted molar refractivity (Wildman–Crippen MR) is 80.5 cm³/mol. The highest BCUT2D eigenvalue weighted by Crippen LogP contribution is 2.34. The number of methoxy groups -OCH3 is 1. The van der Waals surface area contributed by atoms with Crippen molar-refractivity contribution in [2.75, 3.05) is 13.7 Å². The van der Waals surface area contributed by atoms with Crippen molar-refractivity contribution in [3.63, 3.8) is 0 Å². The molecule has 112 valence electrons. The van der Waals surface area contributed by atoms with Crippen molar-refractivity contribution in [1.82, 2.24) is 0 Å². The minimum Gasteiger partial charge on any atom is -0.496 e. The summed E-state index contributed by atoms with van der Waals surface area (Å²) >= 11 is 6.05. The molecular weight excluding hydrogens is 276 g/mol. The molecule has 2 rings (SSSR count). The van der Waals surface area contributed by atoms with E-state index in [4.69, 9.17) is 21.1 Å². The summed E-state index contributed by atoms with van der Waals surface area (Å²) in [4.78, 5) is 0. The standard InChI is InChI=1S/C16H23ClO3/c1-3-4-14-11-16(18,7-8-20-14)10-12-9-13(17)5-6-15(12)19-2/h5-6,9,14,18H,3-4,7-8,10-11H2,1-2H3. The summed E-state index contributed by atoms with van der Waals surface area (Å²) in [6.45, 7) is 2.75. The first kappa shape index (κ1) is 15.6. The van der Waals surface area contributed by atoms with Crippen molar-refractivity contribution >= 4 is 11.6 Å². The molecule has 0 amide bonds. The van der Waals surface area contributed by atoms with Crippen LogP contribution in [0.5, 0.6) is 5.75 Å². The molecule has 4 heteroatoms. The smallest absolute Gasteiger partial charge is 0.122 e. The van der Waals surface area contributed by atoms with Gasteiger partial charge in [-0.2, -0.15) is 0 Å². The van der Waals surface area contributed by atoms with Crippen molar-refractivity contribution in [2.24, 2.45) is 0 Å². The lowest BCUT2D eigenvalue weighted by Crippen LogP contribution is -2.42. The highest BCUT2D eigenvalue weighted by atomic mass is 35.5. The van der Waals surface area contributed by atoms with Gasteiger partial charge in [-0.05, 0) is 36.6 Å². The van der Waals surface area contributed by atoms with Crippen LogP contribution in [0.4, 0.5) is 0 Å². The largest absolute Gasteiger partial charge is 0.496 e.